The number of nitrogens with two attached hydrogens (primary N) is 1. The first-order valence-electron chi connectivity index (χ1n) is 7.37. The van der Waals surface area contributed by atoms with Gasteiger partial charge in [-0.15, -0.1) is 0 Å². The standard InChI is InChI=1S/C18H18N2O2/c19-10-15-13-6-8-16(20)18(21)14(13)7-9-17(15)22-11-12-4-2-1-3-5-12/h1-5,7,9,16,18,21H,6,8,11,20H2/t16-,18-/m1/s1. The van der Waals surface area contributed by atoms with Gasteiger partial charge >= 0.3 is 0 Å². The lowest BCUT2D eigenvalue weighted by atomic mass is 9.83. The molecule has 0 amide bonds. The van der Waals surface area contributed by atoms with E-state index < -0.39 is 6.10 Å². The summed E-state index contributed by atoms with van der Waals surface area (Å²) in [5, 5.41) is 19.7. The lowest BCUT2D eigenvalue weighted by Crippen LogP contribution is -2.33. The van der Waals surface area contributed by atoms with Gasteiger partial charge in [0, 0.05) is 6.04 Å². The molecule has 1 aliphatic carbocycles. The topological polar surface area (TPSA) is 79.3 Å². The van der Waals surface area contributed by atoms with Crippen LogP contribution in [0.25, 0.3) is 0 Å². The van der Waals surface area contributed by atoms with E-state index in [1.54, 1.807) is 6.07 Å². The summed E-state index contributed by atoms with van der Waals surface area (Å²) in [7, 11) is 0. The van der Waals surface area contributed by atoms with Gasteiger partial charge in [0.25, 0.3) is 0 Å². The Balaban J connectivity index is 1.89. The highest BCUT2D eigenvalue weighted by Crippen LogP contribution is 2.35. The van der Waals surface area contributed by atoms with E-state index in [0.717, 1.165) is 16.7 Å². The molecule has 0 aliphatic heterocycles. The molecule has 2 atom stereocenters. The summed E-state index contributed by atoms with van der Waals surface area (Å²) < 4.78 is 5.81. The monoisotopic (exact) mass is 294 g/mol. The van der Waals surface area contributed by atoms with Crippen LogP contribution < -0.4 is 10.5 Å². The molecular weight excluding hydrogens is 276 g/mol. The first-order chi connectivity index (χ1) is 10.7. The molecule has 4 nitrogen and oxygen atoms in total. The molecule has 22 heavy (non-hydrogen) atoms. The van der Waals surface area contributed by atoms with Crippen molar-refractivity contribution in [1.29, 1.82) is 5.26 Å². The molecule has 0 saturated carbocycles. The van der Waals surface area contributed by atoms with Gasteiger partial charge in [0.05, 0.1) is 11.7 Å². The molecule has 0 spiro atoms. The van der Waals surface area contributed by atoms with Crippen LogP contribution in [0.2, 0.25) is 0 Å². The lowest BCUT2D eigenvalue weighted by molar-refractivity contribution is 0.133. The molecule has 0 bridgehead atoms. The quantitative estimate of drug-likeness (QED) is 0.911. The minimum Gasteiger partial charge on any atom is -0.488 e. The largest absolute Gasteiger partial charge is 0.488 e. The Hall–Kier alpha value is -2.35. The Kier molecular flexibility index (Phi) is 4.10. The van der Waals surface area contributed by atoms with Crippen LogP contribution in [0.4, 0.5) is 0 Å². The van der Waals surface area contributed by atoms with E-state index >= 15 is 0 Å². The Morgan fingerprint density at radius 1 is 1.23 bits per heavy atom. The van der Waals surface area contributed by atoms with Crippen LogP contribution in [-0.2, 0) is 13.0 Å². The van der Waals surface area contributed by atoms with Gasteiger partial charge < -0.3 is 15.6 Å². The van der Waals surface area contributed by atoms with Gasteiger partial charge in [-0.25, -0.2) is 0 Å². The first-order valence-corrected chi connectivity index (χ1v) is 7.37. The summed E-state index contributed by atoms with van der Waals surface area (Å²) in [4.78, 5) is 0. The van der Waals surface area contributed by atoms with Gasteiger partial charge in [0.15, 0.2) is 0 Å². The molecular formula is C18H18N2O2. The molecule has 0 saturated heterocycles. The molecule has 2 aromatic rings. The van der Waals surface area contributed by atoms with Crippen molar-refractivity contribution in [2.24, 2.45) is 5.73 Å². The number of aliphatic hydroxyl groups excluding tert-OH is 1. The average Bonchev–Trinajstić information content (AvgIpc) is 2.56. The number of fused-ring (bicyclic) bond motifs is 1. The second kappa shape index (κ2) is 6.18. The summed E-state index contributed by atoms with van der Waals surface area (Å²) in [6.07, 6.45) is 0.656. The van der Waals surface area contributed by atoms with E-state index in [4.69, 9.17) is 10.5 Å². The Morgan fingerprint density at radius 2 is 2.00 bits per heavy atom. The third-order valence-electron chi connectivity index (χ3n) is 4.11. The fourth-order valence-corrected chi connectivity index (χ4v) is 2.87. The molecule has 4 heteroatoms. The van der Waals surface area contributed by atoms with Crippen LogP contribution in [0.3, 0.4) is 0 Å². The smallest absolute Gasteiger partial charge is 0.137 e. The molecule has 0 heterocycles. The zero-order chi connectivity index (χ0) is 15.5. The average molecular weight is 294 g/mol. The third-order valence-corrected chi connectivity index (χ3v) is 4.11. The van der Waals surface area contributed by atoms with E-state index in [1.807, 2.05) is 36.4 Å². The molecule has 0 fully saturated rings. The summed E-state index contributed by atoms with van der Waals surface area (Å²) in [6, 6.07) is 15.3. The predicted octanol–water partition coefficient (Wildman–Crippen LogP) is 2.44. The van der Waals surface area contributed by atoms with Gasteiger partial charge in [-0.3, -0.25) is 0 Å². The number of hydrogen-bond donors (Lipinski definition) is 2. The lowest BCUT2D eigenvalue weighted by Gasteiger charge is -2.28. The number of nitriles is 1. The zero-order valence-electron chi connectivity index (χ0n) is 12.2. The fraction of sp³-hybridized carbons (Fsp3) is 0.278. The predicted molar refractivity (Wildman–Crippen MR) is 83.2 cm³/mol. The summed E-state index contributed by atoms with van der Waals surface area (Å²) in [5.41, 5.74) is 9.07. The van der Waals surface area contributed by atoms with Crippen molar-refractivity contribution in [3.8, 4) is 11.8 Å². The zero-order valence-corrected chi connectivity index (χ0v) is 12.2. The second-order valence-electron chi connectivity index (χ2n) is 5.54. The van der Waals surface area contributed by atoms with E-state index in [0.29, 0.717) is 30.8 Å². The number of rotatable bonds is 3. The SMILES string of the molecule is N#Cc1c(OCc2ccccc2)ccc2c1CC[C@@H](N)[C@@H]2O. The fourth-order valence-electron chi connectivity index (χ4n) is 2.87. The van der Waals surface area contributed by atoms with Crippen LogP contribution in [0.15, 0.2) is 42.5 Å². The number of ether oxygens (including phenoxy) is 1. The van der Waals surface area contributed by atoms with Crippen LogP contribution in [-0.4, -0.2) is 11.1 Å². The van der Waals surface area contributed by atoms with Crippen molar-refractivity contribution in [2.75, 3.05) is 0 Å². The Labute approximate surface area is 129 Å². The molecule has 3 N–H and O–H groups in total. The van der Waals surface area contributed by atoms with Gasteiger partial charge in [0.2, 0.25) is 0 Å². The van der Waals surface area contributed by atoms with Crippen molar-refractivity contribution < 1.29 is 9.84 Å². The summed E-state index contributed by atoms with van der Waals surface area (Å²) in [5.74, 6) is 0.563. The van der Waals surface area contributed by atoms with E-state index in [9.17, 15) is 10.4 Å². The summed E-state index contributed by atoms with van der Waals surface area (Å²) >= 11 is 0. The van der Waals surface area contributed by atoms with Gasteiger partial charge in [0.1, 0.15) is 18.4 Å². The van der Waals surface area contributed by atoms with E-state index in [2.05, 4.69) is 6.07 Å². The van der Waals surface area contributed by atoms with Crippen molar-refractivity contribution in [2.45, 2.75) is 31.6 Å². The van der Waals surface area contributed by atoms with Crippen LogP contribution in [0, 0.1) is 11.3 Å². The van der Waals surface area contributed by atoms with E-state index in [1.165, 1.54) is 0 Å². The van der Waals surface area contributed by atoms with Crippen molar-refractivity contribution in [3.63, 3.8) is 0 Å². The van der Waals surface area contributed by atoms with Gasteiger partial charge in [-0.1, -0.05) is 36.4 Å². The molecule has 0 unspecified atom stereocenters. The van der Waals surface area contributed by atoms with E-state index in [-0.39, 0.29) is 6.04 Å². The third kappa shape index (κ3) is 2.69. The van der Waals surface area contributed by atoms with Crippen LogP contribution >= 0.6 is 0 Å². The maximum absolute atomic E-state index is 10.2. The molecule has 1 aliphatic rings. The Morgan fingerprint density at radius 3 is 2.73 bits per heavy atom. The molecule has 0 radical (unpaired) electrons. The van der Waals surface area contributed by atoms with Crippen molar-refractivity contribution in [3.05, 3.63) is 64.7 Å². The number of nitrogens with zero attached hydrogens (tertiary/aromatic N) is 1. The second-order valence-corrected chi connectivity index (χ2v) is 5.54. The highest BCUT2D eigenvalue weighted by atomic mass is 16.5. The summed E-state index contributed by atoms with van der Waals surface area (Å²) in [6.45, 7) is 0.413. The molecule has 112 valence electrons. The van der Waals surface area contributed by atoms with Crippen molar-refractivity contribution >= 4 is 0 Å². The van der Waals surface area contributed by atoms with Crippen molar-refractivity contribution in [1.82, 2.24) is 0 Å². The number of benzene rings is 2. The molecule has 0 aromatic heterocycles. The molecule has 2 aromatic carbocycles. The van der Waals surface area contributed by atoms with Crippen LogP contribution in [0.1, 0.15) is 34.8 Å². The normalized spacial score (nSPS) is 20.0. The molecule has 3 rings (SSSR count). The van der Waals surface area contributed by atoms with Gasteiger partial charge in [-0.2, -0.15) is 5.26 Å². The first kappa shape index (κ1) is 14.6. The minimum atomic E-state index is -0.709. The maximum atomic E-state index is 10.2. The van der Waals surface area contributed by atoms with Crippen LogP contribution in [0.5, 0.6) is 5.75 Å². The number of hydrogen-bond acceptors (Lipinski definition) is 4. The highest BCUT2D eigenvalue weighted by Gasteiger charge is 2.28. The van der Waals surface area contributed by atoms with Gasteiger partial charge in [-0.05, 0) is 35.6 Å². The maximum Gasteiger partial charge on any atom is 0.137 e. The highest BCUT2D eigenvalue weighted by molar-refractivity contribution is 5.54. The minimum absolute atomic E-state index is 0.268. The number of aliphatic hydroxyl groups is 1. The Bertz CT molecular complexity index is 707.